The van der Waals surface area contributed by atoms with Crippen molar-refractivity contribution in [3.05, 3.63) is 5.82 Å². The number of nitrogens with zero attached hydrogens (tertiary/aromatic N) is 4. The van der Waals surface area contributed by atoms with Gasteiger partial charge in [-0.1, -0.05) is 38.5 Å². The molecule has 0 saturated heterocycles. The number of aromatic nitrogens is 3. The first kappa shape index (κ1) is 23.5. The highest BCUT2D eigenvalue weighted by atomic mass is 127. The third-order valence-corrected chi connectivity index (χ3v) is 5.06. The van der Waals surface area contributed by atoms with Crippen LogP contribution in [0.2, 0.25) is 0 Å². The summed E-state index contributed by atoms with van der Waals surface area (Å²) in [6, 6.07) is 0.594. The third-order valence-electron chi connectivity index (χ3n) is 4.39. The van der Waals surface area contributed by atoms with Crippen molar-refractivity contribution in [2.75, 3.05) is 19.3 Å². The smallest absolute Gasteiger partial charge is 0.191 e. The van der Waals surface area contributed by atoms with Gasteiger partial charge >= 0.3 is 0 Å². The maximum atomic E-state index is 4.74. The molecule has 2 N–H and O–H groups in total. The molecular formula is C18H35IN6S. The zero-order chi connectivity index (χ0) is 18.1. The van der Waals surface area contributed by atoms with Crippen molar-refractivity contribution in [1.82, 2.24) is 25.4 Å². The molecule has 0 aromatic carbocycles. The van der Waals surface area contributed by atoms with Gasteiger partial charge in [0.15, 0.2) is 11.1 Å². The number of hydrogen-bond donors (Lipinski definition) is 2. The molecular weight excluding hydrogens is 459 g/mol. The van der Waals surface area contributed by atoms with Crippen LogP contribution in [0.3, 0.4) is 0 Å². The summed E-state index contributed by atoms with van der Waals surface area (Å²) in [5.74, 6) is 2.64. The van der Waals surface area contributed by atoms with Gasteiger partial charge in [-0.3, -0.25) is 4.99 Å². The molecule has 1 aliphatic rings. The summed E-state index contributed by atoms with van der Waals surface area (Å²) in [7, 11) is 0. The van der Waals surface area contributed by atoms with Crippen LogP contribution in [0.1, 0.15) is 58.7 Å². The monoisotopic (exact) mass is 494 g/mol. The van der Waals surface area contributed by atoms with Gasteiger partial charge < -0.3 is 15.2 Å². The zero-order valence-electron chi connectivity index (χ0n) is 16.6. The fraction of sp³-hybridized carbons (Fsp3) is 0.833. The largest absolute Gasteiger partial charge is 0.357 e. The van der Waals surface area contributed by atoms with Gasteiger partial charge in [0.25, 0.3) is 0 Å². The molecule has 1 saturated carbocycles. The number of halogens is 1. The van der Waals surface area contributed by atoms with Crippen LogP contribution in [0.25, 0.3) is 0 Å². The normalized spacial score (nSPS) is 15.3. The quantitative estimate of drug-likeness (QED) is 0.180. The molecule has 0 atom stereocenters. The van der Waals surface area contributed by atoms with E-state index in [1.807, 2.05) is 0 Å². The van der Waals surface area contributed by atoms with Crippen LogP contribution in [0.5, 0.6) is 0 Å². The summed E-state index contributed by atoms with van der Waals surface area (Å²) >= 11 is 1.67. The zero-order valence-corrected chi connectivity index (χ0v) is 19.8. The molecule has 0 amide bonds. The Labute approximate surface area is 179 Å². The first-order valence-corrected chi connectivity index (χ1v) is 10.9. The number of guanidine groups is 1. The highest BCUT2D eigenvalue weighted by molar-refractivity contribution is 14.0. The molecule has 0 radical (unpaired) electrons. The second kappa shape index (κ2) is 12.8. The summed E-state index contributed by atoms with van der Waals surface area (Å²) in [4.78, 5) is 4.74. The van der Waals surface area contributed by atoms with Gasteiger partial charge in [0.2, 0.25) is 0 Å². The molecule has 1 aliphatic carbocycles. The minimum absolute atomic E-state index is 0. The Morgan fingerprint density at radius 2 is 2.04 bits per heavy atom. The van der Waals surface area contributed by atoms with Gasteiger partial charge in [0.05, 0.1) is 0 Å². The predicted octanol–water partition coefficient (Wildman–Crippen LogP) is 3.70. The Kier molecular flexibility index (Phi) is 11.6. The maximum Gasteiger partial charge on any atom is 0.191 e. The van der Waals surface area contributed by atoms with Crippen LogP contribution in [0.15, 0.2) is 10.1 Å². The van der Waals surface area contributed by atoms with E-state index in [-0.39, 0.29) is 24.0 Å². The fourth-order valence-corrected chi connectivity index (χ4v) is 3.74. The molecule has 6 nitrogen and oxygen atoms in total. The van der Waals surface area contributed by atoms with Gasteiger partial charge in [-0.05, 0) is 38.4 Å². The van der Waals surface area contributed by atoms with E-state index >= 15 is 0 Å². The van der Waals surface area contributed by atoms with Crippen LogP contribution >= 0.6 is 35.7 Å². The van der Waals surface area contributed by atoms with Crippen molar-refractivity contribution in [3.8, 4) is 0 Å². The number of rotatable bonds is 9. The first-order valence-electron chi connectivity index (χ1n) is 9.65. The molecule has 1 aromatic heterocycles. The summed E-state index contributed by atoms with van der Waals surface area (Å²) < 4.78 is 2.26. The van der Waals surface area contributed by atoms with Crippen LogP contribution in [0.4, 0.5) is 0 Å². The van der Waals surface area contributed by atoms with Crippen LogP contribution in [0, 0.1) is 5.92 Å². The number of hydrogen-bond acceptors (Lipinski definition) is 4. The number of aryl methyl sites for hydroxylation is 1. The fourth-order valence-electron chi connectivity index (χ4n) is 3.22. The van der Waals surface area contributed by atoms with Crippen LogP contribution in [-0.4, -0.2) is 46.1 Å². The first-order chi connectivity index (χ1) is 12.1. The van der Waals surface area contributed by atoms with E-state index in [0.29, 0.717) is 12.0 Å². The van der Waals surface area contributed by atoms with Crippen molar-refractivity contribution < 1.29 is 0 Å². The minimum atomic E-state index is 0. The van der Waals surface area contributed by atoms with Crippen molar-refractivity contribution in [3.63, 3.8) is 0 Å². The Bertz CT molecular complexity index is 540. The topological polar surface area (TPSA) is 67.1 Å². The van der Waals surface area contributed by atoms with E-state index in [4.69, 9.17) is 4.99 Å². The number of aliphatic imine (C=N–C) groups is 1. The Balaban J connectivity index is 0.00000338. The molecule has 1 aromatic rings. The van der Waals surface area contributed by atoms with E-state index < -0.39 is 0 Å². The van der Waals surface area contributed by atoms with E-state index in [2.05, 4.69) is 52.4 Å². The van der Waals surface area contributed by atoms with Crippen LogP contribution < -0.4 is 10.6 Å². The second-order valence-corrected chi connectivity index (χ2v) is 7.87. The molecule has 0 aliphatic heterocycles. The lowest BCUT2D eigenvalue weighted by Gasteiger charge is -2.16. The molecule has 2 rings (SSSR count). The molecule has 0 bridgehead atoms. The summed E-state index contributed by atoms with van der Waals surface area (Å²) in [5.41, 5.74) is 0. The Morgan fingerprint density at radius 3 is 2.65 bits per heavy atom. The lowest BCUT2D eigenvalue weighted by Crippen LogP contribution is -2.42. The third kappa shape index (κ3) is 7.62. The average molecular weight is 494 g/mol. The highest BCUT2D eigenvalue weighted by Crippen LogP contribution is 2.18. The van der Waals surface area contributed by atoms with E-state index in [1.165, 1.54) is 25.7 Å². The number of nitrogens with one attached hydrogen (secondary N) is 2. The highest BCUT2D eigenvalue weighted by Gasteiger charge is 2.16. The van der Waals surface area contributed by atoms with E-state index in [0.717, 1.165) is 49.4 Å². The lowest BCUT2D eigenvalue weighted by atomic mass is 10.2. The van der Waals surface area contributed by atoms with Crippen molar-refractivity contribution >= 4 is 41.7 Å². The van der Waals surface area contributed by atoms with Crippen molar-refractivity contribution in [2.45, 2.75) is 77.0 Å². The standard InChI is InChI=1S/C18H34N6S.HI/c1-5-19-17(21-15-9-6-7-10-15)20-12-8-11-16-22-23-18(25-4)24(16)13-14(2)3;/h14-15H,5-13H2,1-4H3,(H2,19,20,21);1H. The van der Waals surface area contributed by atoms with Gasteiger partial charge in [-0.25, -0.2) is 0 Å². The molecule has 0 spiro atoms. The second-order valence-electron chi connectivity index (χ2n) is 7.10. The molecule has 150 valence electrons. The Hall–Kier alpha value is -0.510. The maximum absolute atomic E-state index is 4.74. The lowest BCUT2D eigenvalue weighted by molar-refractivity contribution is 0.477. The SMILES string of the molecule is CCNC(=NCCCc1nnc(SC)n1CC(C)C)NC1CCCC1.I. The molecule has 1 heterocycles. The molecule has 0 unspecified atom stereocenters. The van der Waals surface area contributed by atoms with Gasteiger partial charge in [-0.2, -0.15) is 0 Å². The number of thioether (sulfide) groups is 1. The van der Waals surface area contributed by atoms with Gasteiger partial charge in [0, 0.05) is 32.1 Å². The predicted molar refractivity (Wildman–Crippen MR) is 122 cm³/mol. The summed E-state index contributed by atoms with van der Waals surface area (Å²) in [5, 5.41) is 16.7. The Morgan fingerprint density at radius 1 is 1.31 bits per heavy atom. The molecule has 8 heteroatoms. The molecule has 26 heavy (non-hydrogen) atoms. The van der Waals surface area contributed by atoms with E-state index in [9.17, 15) is 0 Å². The summed E-state index contributed by atoms with van der Waals surface area (Å²) in [6.45, 7) is 9.27. The summed E-state index contributed by atoms with van der Waals surface area (Å²) in [6.07, 6.45) is 9.17. The van der Waals surface area contributed by atoms with E-state index in [1.54, 1.807) is 11.8 Å². The van der Waals surface area contributed by atoms with Crippen molar-refractivity contribution in [1.29, 1.82) is 0 Å². The minimum Gasteiger partial charge on any atom is -0.357 e. The van der Waals surface area contributed by atoms with Gasteiger partial charge in [-0.15, -0.1) is 34.2 Å². The van der Waals surface area contributed by atoms with Crippen molar-refractivity contribution in [2.24, 2.45) is 10.9 Å². The van der Waals surface area contributed by atoms with Gasteiger partial charge in [0.1, 0.15) is 5.82 Å². The average Bonchev–Trinajstić information content (AvgIpc) is 3.21. The van der Waals surface area contributed by atoms with Crippen LogP contribution in [-0.2, 0) is 13.0 Å². The molecule has 1 fully saturated rings.